The largest absolute Gasteiger partial charge is 0.480 e. The molecule has 0 spiro atoms. The molecule has 0 aliphatic heterocycles. The van der Waals surface area contributed by atoms with Gasteiger partial charge in [-0.05, 0) is 12.8 Å². The van der Waals surface area contributed by atoms with Crippen molar-refractivity contribution in [2.24, 2.45) is 0 Å². The fourth-order valence-corrected chi connectivity index (χ4v) is 1.26. The topological polar surface area (TPSA) is 37.3 Å². The number of halogens is 3. The third kappa shape index (κ3) is 8.82. The lowest BCUT2D eigenvalue weighted by Gasteiger charge is -2.01. The van der Waals surface area contributed by atoms with Crippen LogP contribution in [0.1, 0.15) is 19.3 Å². The van der Waals surface area contributed by atoms with Crippen LogP contribution < -0.4 is 0 Å². The van der Waals surface area contributed by atoms with Gasteiger partial charge in [0.15, 0.2) is 0 Å². The summed E-state index contributed by atoms with van der Waals surface area (Å²) in [7, 11) is 0. The number of hydrogen-bond donors (Lipinski definition) is 1. The normalized spacial score (nSPS) is 11.8. The smallest absolute Gasteiger partial charge is 0.317 e. The van der Waals surface area contributed by atoms with Crippen LogP contribution in [0.5, 0.6) is 0 Å². The van der Waals surface area contributed by atoms with Gasteiger partial charge in [0.25, 0.3) is 0 Å². The first-order chi connectivity index (χ1) is 4.68. The van der Waals surface area contributed by atoms with E-state index in [4.69, 9.17) is 5.11 Å². The highest BCUT2D eigenvalue weighted by molar-refractivity contribution is 9.10. The van der Waals surface area contributed by atoms with Crippen LogP contribution in [-0.4, -0.2) is 21.2 Å². The first-order valence-electron chi connectivity index (χ1n) is 3.11. The van der Waals surface area contributed by atoms with Crippen molar-refractivity contribution in [1.29, 1.82) is 0 Å². The van der Waals surface area contributed by atoms with Crippen LogP contribution in [0.2, 0.25) is 0 Å². The first-order valence-corrected chi connectivity index (χ1v) is 5.15. The SMILES string of the molecule is Br.O=C(O)C(Br)CCCCBr. The molecule has 1 atom stereocenters. The van der Waals surface area contributed by atoms with Crippen LogP contribution in [-0.2, 0) is 4.79 Å². The molecule has 68 valence electrons. The van der Waals surface area contributed by atoms with Gasteiger partial charge in [0, 0.05) is 5.33 Å². The van der Waals surface area contributed by atoms with E-state index < -0.39 is 5.97 Å². The average molecular weight is 355 g/mol. The number of aliphatic carboxylic acids is 1. The number of rotatable bonds is 5. The third-order valence-electron chi connectivity index (χ3n) is 1.11. The molecular formula is C6H11Br3O2. The van der Waals surface area contributed by atoms with Crippen LogP contribution in [0.15, 0.2) is 0 Å². The standard InChI is InChI=1S/C6H10Br2O2.BrH/c7-4-2-1-3-5(8)6(9)10;/h5H,1-4H2,(H,9,10);1H. The van der Waals surface area contributed by atoms with Crippen molar-refractivity contribution < 1.29 is 9.90 Å². The predicted octanol–water partition coefficient (Wildman–Crippen LogP) is 2.98. The maximum Gasteiger partial charge on any atom is 0.317 e. The van der Waals surface area contributed by atoms with Crippen LogP contribution in [0.25, 0.3) is 0 Å². The Bertz CT molecular complexity index is 108. The van der Waals surface area contributed by atoms with Crippen LogP contribution in [0.3, 0.4) is 0 Å². The number of unbranched alkanes of at least 4 members (excludes halogenated alkanes) is 1. The summed E-state index contributed by atoms with van der Waals surface area (Å²) in [6.07, 6.45) is 2.70. The summed E-state index contributed by atoms with van der Waals surface area (Å²) in [6.45, 7) is 0. The van der Waals surface area contributed by atoms with Crippen LogP contribution in [0.4, 0.5) is 0 Å². The van der Waals surface area contributed by atoms with Gasteiger partial charge in [0.2, 0.25) is 0 Å². The predicted molar refractivity (Wildman–Crippen MR) is 58.3 cm³/mol. The van der Waals surface area contributed by atoms with Crippen molar-refractivity contribution in [3.05, 3.63) is 0 Å². The second-order valence-electron chi connectivity index (χ2n) is 1.99. The van der Waals surface area contributed by atoms with Crippen molar-refractivity contribution in [3.8, 4) is 0 Å². The molecule has 11 heavy (non-hydrogen) atoms. The summed E-state index contributed by atoms with van der Waals surface area (Å²) in [5.41, 5.74) is 0. The highest BCUT2D eigenvalue weighted by Crippen LogP contribution is 2.10. The Labute approximate surface area is 93.8 Å². The molecule has 0 aromatic rings. The van der Waals surface area contributed by atoms with Gasteiger partial charge in [0.1, 0.15) is 4.83 Å². The summed E-state index contributed by atoms with van der Waals surface area (Å²) in [5, 5.41) is 9.37. The monoisotopic (exact) mass is 352 g/mol. The molecule has 1 unspecified atom stereocenters. The molecule has 0 heterocycles. The van der Waals surface area contributed by atoms with Gasteiger partial charge in [-0.15, -0.1) is 17.0 Å². The Morgan fingerprint density at radius 1 is 1.45 bits per heavy atom. The highest BCUT2D eigenvalue weighted by Gasteiger charge is 2.10. The minimum atomic E-state index is -0.769. The fraction of sp³-hybridized carbons (Fsp3) is 0.833. The third-order valence-corrected chi connectivity index (χ3v) is 2.52. The number of alkyl halides is 2. The van der Waals surface area contributed by atoms with Crippen molar-refractivity contribution >= 4 is 54.8 Å². The zero-order valence-corrected chi connectivity index (χ0v) is 10.8. The van der Waals surface area contributed by atoms with E-state index in [1.54, 1.807) is 0 Å². The first kappa shape index (κ1) is 14.4. The maximum atomic E-state index is 10.2. The van der Waals surface area contributed by atoms with Crippen molar-refractivity contribution in [2.75, 3.05) is 5.33 Å². The highest BCUT2D eigenvalue weighted by atomic mass is 79.9. The average Bonchev–Trinajstić information content (AvgIpc) is 1.88. The van der Waals surface area contributed by atoms with Crippen LogP contribution >= 0.6 is 48.8 Å². The van der Waals surface area contributed by atoms with Gasteiger partial charge < -0.3 is 5.11 Å². The Morgan fingerprint density at radius 3 is 2.36 bits per heavy atom. The molecule has 1 N–H and O–H groups in total. The summed E-state index contributed by atoms with van der Waals surface area (Å²) in [6, 6.07) is 0. The molecule has 0 aliphatic rings. The Balaban J connectivity index is 0. The molecule has 0 amide bonds. The number of carboxylic acid groups (broad SMARTS) is 1. The van der Waals surface area contributed by atoms with Crippen molar-refractivity contribution in [3.63, 3.8) is 0 Å². The van der Waals surface area contributed by atoms with E-state index in [2.05, 4.69) is 31.9 Å². The Kier molecular flexibility index (Phi) is 11.8. The Morgan fingerprint density at radius 2 is 2.00 bits per heavy atom. The number of carboxylic acids is 1. The molecule has 0 aromatic carbocycles. The summed E-state index contributed by atoms with van der Waals surface area (Å²) in [5.74, 6) is -0.769. The van der Waals surface area contributed by atoms with Gasteiger partial charge >= 0.3 is 5.97 Å². The van der Waals surface area contributed by atoms with E-state index in [9.17, 15) is 4.79 Å². The molecule has 0 aliphatic carbocycles. The molecule has 0 saturated heterocycles. The van der Waals surface area contributed by atoms with Crippen molar-refractivity contribution in [1.82, 2.24) is 0 Å². The van der Waals surface area contributed by atoms with Gasteiger partial charge in [-0.25, -0.2) is 0 Å². The van der Waals surface area contributed by atoms with E-state index in [0.717, 1.165) is 18.2 Å². The van der Waals surface area contributed by atoms with E-state index in [1.165, 1.54) is 0 Å². The molecule has 0 rings (SSSR count). The van der Waals surface area contributed by atoms with Crippen molar-refractivity contribution in [2.45, 2.75) is 24.1 Å². The lowest BCUT2D eigenvalue weighted by molar-refractivity contribution is -0.136. The van der Waals surface area contributed by atoms with Gasteiger partial charge in [-0.3, -0.25) is 4.79 Å². The summed E-state index contributed by atoms with van der Waals surface area (Å²) < 4.78 is 0. The molecule has 0 aromatic heterocycles. The quantitative estimate of drug-likeness (QED) is 0.608. The lowest BCUT2D eigenvalue weighted by Crippen LogP contribution is -2.11. The molecule has 2 nitrogen and oxygen atoms in total. The zero-order valence-electron chi connectivity index (χ0n) is 5.93. The minimum Gasteiger partial charge on any atom is -0.480 e. The number of hydrogen-bond acceptors (Lipinski definition) is 1. The van der Waals surface area contributed by atoms with Crippen LogP contribution in [0, 0.1) is 0 Å². The molecule has 0 saturated carbocycles. The van der Waals surface area contributed by atoms with Gasteiger partial charge in [-0.1, -0.05) is 38.3 Å². The molecule has 0 fully saturated rings. The minimum absolute atomic E-state index is 0. The molecule has 0 radical (unpaired) electrons. The fourth-order valence-electron chi connectivity index (χ4n) is 0.542. The van der Waals surface area contributed by atoms with E-state index in [-0.39, 0.29) is 21.8 Å². The van der Waals surface area contributed by atoms with E-state index >= 15 is 0 Å². The molecule has 5 heteroatoms. The van der Waals surface area contributed by atoms with E-state index in [1.807, 2.05) is 0 Å². The second-order valence-corrected chi connectivity index (χ2v) is 3.89. The Hall–Kier alpha value is 0.910. The van der Waals surface area contributed by atoms with E-state index in [0.29, 0.717) is 6.42 Å². The van der Waals surface area contributed by atoms with Gasteiger partial charge in [-0.2, -0.15) is 0 Å². The number of carbonyl (C=O) groups is 1. The maximum absolute atomic E-state index is 10.2. The summed E-state index contributed by atoms with van der Waals surface area (Å²) in [4.78, 5) is 9.87. The zero-order chi connectivity index (χ0) is 7.98. The second kappa shape index (κ2) is 9.00. The molecule has 0 bridgehead atoms. The van der Waals surface area contributed by atoms with Gasteiger partial charge in [0.05, 0.1) is 0 Å². The lowest BCUT2D eigenvalue weighted by atomic mass is 10.2. The molecular weight excluding hydrogens is 344 g/mol. The summed E-state index contributed by atoms with van der Waals surface area (Å²) >= 11 is 6.33.